The van der Waals surface area contributed by atoms with Crippen LogP contribution in [0.4, 0.5) is 11.4 Å². The molecule has 8 rings (SSSR count). The van der Waals surface area contributed by atoms with E-state index in [1.807, 2.05) is 0 Å². The summed E-state index contributed by atoms with van der Waals surface area (Å²) in [4.78, 5) is 2.44. The molecule has 1 saturated carbocycles. The number of anilines is 1. The number of likely N-dealkylation sites (N-methyl/N-ethyl adjacent to an activating group) is 1. The predicted molar refractivity (Wildman–Crippen MR) is 200 cm³/mol. The van der Waals surface area contributed by atoms with Crippen molar-refractivity contribution in [3.8, 4) is 5.75 Å². The molecule has 3 aliphatic rings. The van der Waals surface area contributed by atoms with Crippen LogP contribution in [0.1, 0.15) is 54.4 Å². The molecule has 0 aromatic heterocycles. The molecule has 0 atom stereocenters. The van der Waals surface area contributed by atoms with Crippen molar-refractivity contribution in [2.75, 3.05) is 26.1 Å². The summed E-state index contributed by atoms with van der Waals surface area (Å²) in [5.41, 5.74) is 10.7. The molecule has 5 aromatic rings. The molecule has 1 aliphatic carbocycles. The molecular formula is C45H45N2O+. The quantitative estimate of drug-likeness (QED) is 0.167. The number of ether oxygens (including phenoxy) is 1. The molecule has 48 heavy (non-hydrogen) atoms. The van der Waals surface area contributed by atoms with Crippen LogP contribution in [-0.4, -0.2) is 31.5 Å². The first-order valence-corrected chi connectivity index (χ1v) is 17.6. The molecule has 2 heterocycles. The van der Waals surface area contributed by atoms with Gasteiger partial charge in [-0.05, 0) is 83.5 Å². The SMILES string of the molecule is COc1ccc2c(c1)C1(CCCCC1)/C(=C\C=C\C1=[N+](C)c3ccc4ccccc4c3C1(Cc1ccccc1)Cc1ccccc1)N2C. The fourth-order valence-corrected chi connectivity index (χ4v) is 9.29. The maximum atomic E-state index is 5.73. The molecule has 0 N–H and O–H groups in total. The number of nitrogens with zero attached hydrogens (tertiary/aromatic N) is 2. The summed E-state index contributed by atoms with van der Waals surface area (Å²) in [6.45, 7) is 0. The molecular weight excluding hydrogens is 585 g/mol. The van der Waals surface area contributed by atoms with E-state index in [1.165, 1.54) is 87.9 Å². The Labute approximate surface area is 285 Å². The van der Waals surface area contributed by atoms with Crippen molar-refractivity contribution in [1.29, 1.82) is 0 Å². The summed E-state index contributed by atoms with van der Waals surface area (Å²) in [6.07, 6.45) is 15.2. The third-order valence-corrected chi connectivity index (χ3v) is 11.4. The number of methoxy groups -OCH3 is 1. The van der Waals surface area contributed by atoms with Crippen LogP contribution in [0.5, 0.6) is 5.75 Å². The highest BCUT2D eigenvalue weighted by atomic mass is 16.5. The first-order valence-electron chi connectivity index (χ1n) is 17.6. The second-order valence-corrected chi connectivity index (χ2v) is 14.0. The third-order valence-electron chi connectivity index (χ3n) is 11.4. The van der Waals surface area contributed by atoms with Gasteiger partial charge in [0.2, 0.25) is 5.69 Å². The monoisotopic (exact) mass is 629 g/mol. The zero-order valence-electron chi connectivity index (χ0n) is 28.5. The van der Waals surface area contributed by atoms with Crippen molar-refractivity contribution in [2.45, 2.75) is 55.8 Å². The van der Waals surface area contributed by atoms with Gasteiger partial charge in [-0.2, -0.15) is 4.58 Å². The van der Waals surface area contributed by atoms with Gasteiger partial charge >= 0.3 is 0 Å². The molecule has 2 aliphatic heterocycles. The van der Waals surface area contributed by atoms with Gasteiger partial charge in [-0.15, -0.1) is 0 Å². The summed E-state index contributed by atoms with van der Waals surface area (Å²) < 4.78 is 8.19. The average molecular weight is 630 g/mol. The van der Waals surface area contributed by atoms with E-state index >= 15 is 0 Å². The lowest BCUT2D eigenvalue weighted by Gasteiger charge is -2.36. The van der Waals surface area contributed by atoms with Crippen molar-refractivity contribution in [3.05, 3.63) is 161 Å². The lowest BCUT2D eigenvalue weighted by atomic mass is 9.67. The van der Waals surface area contributed by atoms with Crippen molar-refractivity contribution in [2.24, 2.45) is 0 Å². The lowest BCUT2D eigenvalue weighted by Crippen LogP contribution is -2.39. The minimum Gasteiger partial charge on any atom is -0.497 e. The Balaban J connectivity index is 1.30. The van der Waals surface area contributed by atoms with Crippen LogP contribution in [0.25, 0.3) is 10.8 Å². The topological polar surface area (TPSA) is 15.5 Å². The minimum atomic E-state index is -0.261. The van der Waals surface area contributed by atoms with Crippen LogP contribution in [0.2, 0.25) is 0 Å². The molecule has 0 saturated heterocycles. The Kier molecular flexibility index (Phi) is 7.79. The van der Waals surface area contributed by atoms with Crippen LogP contribution < -0.4 is 9.64 Å². The standard InChI is InChI=1S/C45H45N2O/c1-46-39-27-25-36(48-3)30-38(39)44(28-13-6-14-29-44)41(46)22-15-23-42-45(31-33-16-7-4-8-17-33,32-34-18-9-5-10-19-34)43-37-21-12-11-20-35(37)24-26-40(43)47(42)2/h4-5,7-12,15-27,30H,6,13-14,28-29,31-32H2,1-3H3/q+1. The number of rotatable bonds is 7. The molecule has 3 heteroatoms. The normalized spacial score (nSPS) is 18.6. The van der Waals surface area contributed by atoms with Gasteiger partial charge in [0, 0.05) is 41.6 Å². The summed E-state index contributed by atoms with van der Waals surface area (Å²) >= 11 is 0. The molecule has 1 fully saturated rings. The molecule has 0 radical (unpaired) electrons. The zero-order chi connectivity index (χ0) is 32.7. The molecule has 0 bridgehead atoms. The van der Waals surface area contributed by atoms with Gasteiger partial charge in [0.25, 0.3) is 0 Å². The molecule has 0 unspecified atom stereocenters. The van der Waals surface area contributed by atoms with Crippen molar-refractivity contribution in [1.82, 2.24) is 0 Å². The predicted octanol–water partition coefficient (Wildman–Crippen LogP) is 10.1. The maximum Gasteiger partial charge on any atom is 0.210 e. The molecule has 0 amide bonds. The highest BCUT2D eigenvalue weighted by Gasteiger charge is 2.51. The number of hydrogen-bond acceptors (Lipinski definition) is 2. The zero-order valence-corrected chi connectivity index (χ0v) is 28.5. The molecule has 3 nitrogen and oxygen atoms in total. The fourth-order valence-electron chi connectivity index (χ4n) is 9.29. The minimum absolute atomic E-state index is 0.0256. The number of fused-ring (bicyclic) bond motifs is 5. The van der Waals surface area contributed by atoms with Gasteiger partial charge in [-0.25, -0.2) is 0 Å². The number of allylic oxidation sites excluding steroid dienone is 4. The van der Waals surface area contributed by atoms with E-state index in [9.17, 15) is 0 Å². The largest absolute Gasteiger partial charge is 0.497 e. The van der Waals surface area contributed by atoms with Gasteiger partial charge in [0.15, 0.2) is 5.71 Å². The Morgan fingerprint density at radius 1 is 0.771 bits per heavy atom. The first-order chi connectivity index (χ1) is 23.5. The van der Waals surface area contributed by atoms with E-state index in [2.05, 4.69) is 157 Å². The van der Waals surface area contributed by atoms with E-state index < -0.39 is 0 Å². The van der Waals surface area contributed by atoms with E-state index in [4.69, 9.17) is 4.74 Å². The summed E-state index contributed by atoms with van der Waals surface area (Å²) in [6, 6.07) is 42.4. The van der Waals surface area contributed by atoms with Crippen molar-refractivity contribution in [3.63, 3.8) is 0 Å². The molecule has 240 valence electrons. The van der Waals surface area contributed by atoms with Gasteiger partial charge in [0.05, 0.1) is 12.5 Å². The Morgan fingerprint density at radius 2 is 1.44 bits per heavy atom. The van der Waals surface area contributed by atoms with Gasteiger partial charge in [-0.1, -0.05) is 110 Å². The van der Waals surface area contributed by atoms with E-state index in [0.717, 1.165) is 18.6 Å². The van der Waals surface area contributed by atoms with Gasteiger partial charge in [0.1, 0.15) is 12.8 Å². The first kappa shape index (κ1) is 30.4. The average Bonchev–Trinajstić information content (AvgIpc) is 3.49. The highest BCUT2D eigenvalue weighted by molar-refractivity contribution is 6.08. The Hall–Kier alpha value is -4.89. The van der Waals surface area contributed by atoms with E-state index in [1.54, 1.807) is 7.11 Å². The Bertz CT molecular complexity index is 2020. The highest BCUT2D eigenvalue weighted by Crippen LogP contribution is 2.55. The number of hydrogen-bond donors (Lipinski definition) is 0. The second kappa shape index (κ2) is 12.3. The van der Waals surface area contributed by atoms with Gasteiger partial charge < -0.3 is 9.64 Å². The summed E-state index contributed by atoms with van der Waals surface area (Å²) in [5, 5.41) is 2.64. The summed E-state index contributed by atoms with van der Waals surface area (Å²) in [5.74, 6) is 0.948. The van der Waals surface area contributed by atoms with Crippen molar-refractivity contribution < 1.29 is 9.31 Å². The number of benzene rings is 5. The molecule has 1 spiro atoms. The van der Waals surface area contributed by atoms with Crippen LogP contribution in [0.3, 0.4) is 0 Å². The second-order valence-electron chi connectivity index (χ2n) is 14.0. The fraction of sp³-hybridized carbons (Fsp3) is 0.267. The van der Waals surface area contributed by atoms with Gasteiger partial charge in [-0.3, -0.25) is 0 Å². The van der Waals surface area contributed by atoms with Crippen LogP contribution >= 0.6 is 0 Å². The smallest absolute Gasteiger partial charge is 0.210 e. The maximum absolute atomic E-state index is 5.73. The Morgan fingerprint density at radius 3 is 2.12 bits per heavy atom. The van der Waals surface area contributed by atoms with E-state index in [0.29, 0.717) is 0 Å². The van der Waals surface area contributed by atoms with Crippen molar-refractivity contribution >= 4 is 27.9 Å². The van der Waals surface area contributed by atoms with Crippen LogP contribution in [0, 0.1) is 0 Å². The lowest BCUT2D eigenvalue weighted by molar-refractivity contribution is -0.401. The van der Waals surface area contributed by atoms with E-state index in [-0.39, 0.29) is 10.8 Å². The van der Waals surface area contributed by atoms with Crippen LogP contribution in [0.15, 0.2) is 139 Å². The summed E-state index contributed by atoms with van der Waals surface area (Å²) in [7, 11) is 6.30. The third kappa shape index (κ3) is 4.91. The molecule has 5 aromatic carbocycles. The van der Waals surface area contributed by atoms with Crippen LogP contribution in [-0.2, 0) is 23.7 Å².